The van der Waals surface area contributed by atoms with Crippen molar-refractivity contribution in [3.8, 4) is 0 Å². The Balaban J connectivity index is 5.86. The summed E-state index contributed by atoms with van der Waals surface area (Å²) in [5.74, 6) is -5.18. The third-order valence-electron chi connectivity index (χ3n) is 6.19. The maximum atomic E-state index is 13.4. The first-order valence-electron chi connectivity index (χ1n) is 13.8. The standard InChI is InChI=1S/C26H47N9O7/c1-8-14(4)21(34-19(38)12-30-16(6)36)25(42)33-18(10-9-11-29-26(27)28)23(40)35-20(13(2)3)24(41)31-15(5)22(39)32-17(7)37/h13-15,18,20-21H,8-12H2,1-7H3,(H,30,36)(H,31,41)(H,33,42)(H,34,38)(H,35,40)(H4,27,28,29)(H,32,37,39)/t14-,15-,18-,20-,21-/m0/s1. The van der Waals surface area contributed by atoms with Gasteiger partial charge in [0.1, 0.15) is 24.2 Å². The van der Waals surface area contributed by atoms with Crippen LogP contribution in [0.2, 0.25) is 0 Å². The van der Waals surface area contributed by atoms with E-state index < -0.39 is 71.4 Å². The van der Waals surface area contributed by atoms with Crippen LogP contribution in [0.5, 0.6) is 0 Å². The van der Waals surface area contributed by atoms with Crippen LogP contribution in [0.15, 0.2) is 4.99 Å². The van der Waals surface area contributed by atoms with Crippen molar-refractivity contribution in [1.82, 2.24) is 31.9 Å². The molecule has 0 unspecified atom stereocenters. The average molecular weight is 598 g/mol. The van der Waals surface area contributed by atoms with Gasteiger partial charge in [-0.15, -0.1) is 0 Å². The van der Waals surface area contributed by atoms with Crippen LogP contribution in [-0.4, -0.2) is 84.6 Å². The van der Waals surface area contributed by atoms with Crippen molar-refractivity contribution >= 4 is 47.3 Å². The zero-order valence-electron chi connectivity index (χ0n) is 25.5. The summed E-state index contributed by atoms with van der Waals surface area (Å²) < 4.78 is 0. The lowest BCUT2D eigenvalue weighted by Gasteiger charge is -2.28. The molecule has 0 fully saturated rings. The minimum Gasteiger partial charge on any atom is -0.370 e. The Morgan fingerprint density at radius 2 is 1.33 bits per heavy atom. The number of aliphatic imine (C=N–C) groups is 1. The van der Waals surface area contributed by atoms with Crippen molar-refractivity contribution in [3.63, 3.8) is 0 Å². The van der Waals surface area contributed by atoms with Crippen LogP contribution in [0.3, 0.4) is 0 Å². The topological polar surface area (TPSA) is 256 Å². The van der Waals surface area contributed by atoms with Crippen LogP contribution in [0.1, 0.15) is 67.7 Å². The molecular weight excluding hydrogens is 550 g/mol. The molecule has 0 aromatic rings. The second-order valence-electron chi connectivity index (χ2n) is 10.4. The third-order valence-corrected chi connectivity index (χ3v) is 6.19. The predicted molar refractivity (Wildman–Crippen MR) is 155 cm³/mol. The van der Waals surface area contributed by atoms with E-state index in [2.05, 4.69) is 36.9 Å². The minimum atomic E-state index is -1.14. The number of hydrogen-bond donors (Lipinski definition) is 8. The van der Waals surface area contributed by atoms with Crippen molar-refractivity contribution in [2.24, 2.45) is 28.3 Å². The summed E-state index contributed by atoms with van der Waals surface area (Å²) in [6.45, 7) is 10.6. The molecule has 0 aliphatic heterocycles. The number of nitrogens with one attached hydrogen (secondary N) is 6. The molecule has 16 heteroatoms. The fraction of sp³-hybridized carbons (Fsp3) is 0.692. The van der Waals surface area contributed by atoms with E-state index in [1.165, 1.54) is 13.8 Å². The Labute approximate surface area is 246 Å². The summed E-state index contributed by atoms with van der Waals surface area (Å²) in [6.07, 6.45) is 0.899. The zero-order chi connectivity index (χ0) is 32.6. The minimum absolute atomic E-state index is 0.0886. The molecule has 0 spiro atoms. The zero-order valence-corrected chi connectivity index (χ0v) is 25.5. The van der Waals surface area contributed by atoms with E-state index in [9.17, 15) is 33.6 Å². The van der Waals surface area contributed by atoms with Crippen LogP contribution in [0.4, 0.5) is 0 Å². The van der Waals surface area contributed by atoms with Crippen molar-refractivity contribution in [2.75, 3.05) is 13.1 Å². The number of nitrogens with zero attached hydrogens (tertiary/aromatic N) is 1. The van der Waals surface area contributed by atoms with Crippen LogP contribution in [0, 0.1) is 11.8 Å². The molecule has 5 atom stereocenters. The summed E-state index contributed by atoms with van der Waals surface area (Å²) in [4.78, 5) is 90.3. The van der Waals surface area contributed by atoms with E-state index in [1.54, 1.807) is 20.8 Å². The van der Waals surface area contributed by atoms with E-state index in [0.717, 1.165) is 6.92 Å². The fourth-order valence-electron chi connectivity index (χ4n) is 3.60. The third kappa shape index (κ3) is 14.9. The quantitative estimate of drug-likeness (QED) is 0.0500. The largest absolute Gasteiger partial charge is 0.370 e. The molecule has 238 valence electrons. The first kappa shape index (κ1) is 37.8. The molecule has 0 aromatic heterocycles. The summed E-state index contributed by atoms with van der Waals surface area (Å²) in [5.41, 5.74) is 10.7. The van der Waals surface area contributed by atoms with Gasteiger partial charge in [0.05, 0.1) is 6.54 Å². The Morgan fingerprint density at radius 1 is 0.738 bits per heavy atom. The molecule has 7 amide bonds. The summed E-state index contributed by atoms with van der Waals surface area (Å²) in [7, 11) is 0. The van der Waals surface area contributed by atoms with Crippen molar-refractivity contribution in [2.45, 2.75) is 91.9 Å². The maximum absolute atomic E-state index is 13.4. The lowest BCUT2D eigenvalue weighted by molar-refractivity contribution is -0.136. The fourth-order valence-corrected chi connectivity index (χ4v) is 3.60. The normalized spacial score (nSPS) is 14.2. The highest BCUT2D eigenvalue weighted by Gasteiger charge is 2.33. The monoisotopic (exact) mass is 597 g/mol. The molecule has 0 bridgehead atoms. The van der Waals surface area contributed by atoms with Crippen molar-refractivity contribution < 1.29 is 33.6 Å². The number of amides is 7. The number of carbonyl (C=O) groups is 7. The first-order chi connectivity index (χ1) is 19.5. The van der Waals surface area contributed by atoms with Crippen LogP contribution < -0.4 is 43.4 Å². The Kier molecular flexibility index (Phi) is 17.1. The van der Waals surface area contributed by atoms with E-state index in [1.807, 2.05) is 6.92 Å². The van der Waals surface area contributed by atoms with Gasteiger partial charge in [-0.3, -0.25) is 43.9 Å². The van der Waals surface area contributed by atoms with Crippen molar-refractivity contribution in [1.29, 1.82) is 0 Å². The molecule has 0 saturated heterocycles. The van der Waals surface area contributed by atoms with Gasteiger partial charge < -0.3 is 38.1 Å². The predicted octanol–water partition coefficient (Wildman–Crippen LogP) is -2.50. The highest BCUT2D eigenvalue weighted by molar-refractivity contribution is 5.99. The van der Waals surface area contributed by atoms with Crippen LogP contribution >= 0.6 is 0 Å². The number of rotatable bonds is 17. The molecule has 0 rings (SSSR count). The number of nitrogens with two attached hydrogens (primary N) is 2. The maximum Gasteiger partial charge on any atom is 0.248 e. The number of imide groups is 1. The molecule has 0 saturated carbocycles. The highest BCUT2D eigenvalue weighted by Crippen LogP contribution is 2.11. The Hall–Kier alpha value is -4.24. The van der Waals surface area contributed by atoms with Crippen molar-refractivity contribution in [3.05, 3.63) is 0 Å². The van der Waals surface area contributed by atoms with Gasteiger partial charge in [-0.1, -0.05) is 34.1 Å². The summed E-state index contributed by atoms with van der Waals surface area (Å²) in [5, 5.41) is 14.8. The molecule has 0 aliphatic carbocycles. The second-order valence-corrected chi connectivity index (χ2v) is 10.4. The van der Waals surface area contributed by atoms with Crippen LogP contribution in [0.25, 0.3) is 0 Å². The van der Waals surface area contributed by atoms with E-state index in [4.69, 9.17) is 11.5 Å². The molecule has 42 heavy (non-hydrogen) atoms. The SMILES string of the molecule is CC[C@H](C)[C@H](NC(=O)CNC(C)=O)C(=O)N[C@@H](CCCN=C(N)N)C(=O)N[C@H](C(=O)N[C@@H](C)C(=O)NC(C)=O)C(C)C. The van der Waals surface area contributed by atoms with E-state index >= 15 is 0 Å². The molecule has 10 N–H and O–H groups in total. The molecular formula is C26H47N9O7. The molecule has 0 radical (unpaired) electrons. The van der Waals surface area contributed by atoms with E-state index in [0.29, 0.717) is 12.8 Å². The lowest BCUT2D eigenvalue weighted by atomic mass is 9.97. The molecule has 0 aromatic carbocycles. The highest BCUT2D eigenvalue weighted by atomic mass is 16.2. The van der Waals surface area contributed by atoms with Crippen LogP contribution in [-0.2, 0) is 33.6 Å². The number of carbonyl (C=O) groups excluding carboxylic acids is 7. The van der Waals surface area contributed by atoms with Gasteiger partial charge in [0.2, 0.25) is 41.4 Å². The summed E-state index contributed by atoms with van der Waals surface area (Å²) >= 11 is 0. The number of hydrogen-bond acceptors (Lipinski definition) is 8. The van der Waals surface area contributed by atoms with E-state index in [-0.39, 0.29) is 31.4 Å². The van der Waals surface area contributed by atoms with Gasteiger partial charge in [0.25, 0.3) is 0 Å². The van der Waals surface area contributed by atoms with Gasteiger partial charge in [-0.25, -0.2) is 0 Å². The van der Waals surface area contributed by atoms with Gasteiger partial charge in [-0.2, -0.15) is 0 Å². The molecule has 16 nitrogen and oxygen atoms in total. The van der Waals surface area contributed by atoms with Gasteiger partial charge in [0.15, 0.2) is 5.96 Å². The number of guanidine groups is 1. The molecule has 0 heterocycles. The Morgan fingerprint density at radius 3 is 1.83 bits per heavy atom. The van der Waals surface area contributed by atoms with Gasteiger partial charge in [0, 0.05) is 20.4 Å². The average Bonchev–Trinajstić information content (AvgIpc) is 2.89. The smallest absolute Gasteiger partial charge is 0.248 e. The second kappa shape index (κ2) is 19.0. The molecule has 0 aliphatic rings. The summed E-state index contributed by atoms with van der Waals surface area (Å²) in [6, 6.07) is -4.32. The van der Waals surface area contributed by atoms with Gasteiger partial charge >= 0.3 is 0 Å². The van der Waals surface area contributed by atoms with Gasteiger partial charge in [-0.05, 0) is 31.6 Å². The first-order valence-corrected chi connectivity index (χ1v) is 13.8. The lowest BCUT2D eigenvalue weighted by Crippen LogP contribution is -2.60. The Bertz CT molecular complexity index is 1010.